The number of thiocarbonyl (C=S) groups is 1. The first kappa shape index (κ1) is 25.4. The van der Waals surface area contributed by atoms with Crippen LogP contribution in [0.2, 0.25) is 0 Å². The second kappa shape index (κ2) is 10.5. The number of hydrogen-bond donors (Lipinski definition) is 1. The maximum absolute atomic E-state index is 13.4. The molecule has 6 nitrogen and oxygen atoms in total. The molecule has 1 saturated heterocycles. The van der Waals surface area contributed by atoms with E-state index in [2.05, 4.69) is 59.8 Å². The van der Waals surface area contributed by atoms with Crippen LogP contribution in [-0.2, 0) is 16.0 Å². The number of carbonyl (C=O) groups is 2. The Bertz CT molecular complexity index is 1330. The number of rotatable bonds is 7. The molecular weight excluding hydrogens is 468 g/mol. The molecule has 2 amide bonds. The Morgan fingerprint density at radius 1 is 0.917 bits per heavy atom. The summed E-state index contributed by atoms with van der Waals surface area (Å²) in [7, 11) is 0. The lowest BCUT2D eigenvalue weighted by Gasteiger charge is -2.29. The Labute approximate surface area is 218 Å². The Kier molecular flexibility index (Phi) is 7.40. The first-order valence-corrected chi connectivity index (χ1v) is 12.7. The summed E-state index contributed by atoms with van der Waals surface area (Å²) in [5, 5.41) is 2.76. The number of aromatic nitrogens is 1. The minimum Gasteiger partial charge on any atom is -0.372 e. The molecule has 2 heterocycles. The van der Waals surface area contributed by atoms with Gasteiger partial charge in [-0.25, -0.2) is 0 Å². The minimum atomic E-state index is -0.486. The molecule has 0 radical (unpaired) electrons. The summed E-state index contributed by atoms with van der Waals surface area (Å²) < 4.78 is 2.13. The van der Waals surface area contributed by atoms with Crippen molar-refractivity contribution in [1.82, 2.24) is 9.88 Å². The van der Waals surface area contributed by atoms with Crippen LogP contribution in [0.25, 0.3) is 11.8 Å². The van der Waals surface area contributed by atoms with Gasteiger partial charge in [-0.2, -0.15) is 0 Å². The number of nitrogens with one attached hydrogen (secondary N) is 1. The first-order chi connectivity index (χ1) is 17.3. The highest BCUT2D eigenvalue weighted by Crippen LogP contribution is 2.27. The first-order valence-electron chi connectivity index (χ1n) is 12.3. The predicted molar refractivity (Wildman–Crippen MR) is 151 cm³/mol. The van der Waals surface area contributed by atoms with E-state index in [1.165, 1.54) is 10.6 Å². The number of benzene rings is 2. The Morgan fingerprint density at radius 2 is 1.53 bits per heavy atom. The van der Waals surface area contributed by atoms with Gasteiger partial charge in [0.1, 0.15) is 5.57 Å². The fourth-order valence-corrected chi connectivity index (χ4v) is 4.94. The van der Waals surface area contributed by atoms with Crippen LogP contribution in [0, 0.1) is 13.8 Å². The summed E-state index contributed by atoms with van der Waals surface area (Å²) >= 11 is 5.34. The predicted octanol–water partition coefficient (Wildman–Crippen LogP) is 5.33. The van der Waals surface area contributed by atoms with E-state index in [9.17, 15) is 9.59 Å². The van der Waals surface area contributed by atoms with E-state index in [1.807, 2.05) is 44.2 Å². The molecule has 0 bridgehead atoms. The van der Waals surface area contributed by atoms with Crippen molar-refractivity contribution in [3.63, 3.8) is 0 Å². The van der Waals surface area contributed by atoms with Gasteiger partial charge in [-0.1, -0.05) is 19.1 Å². The average molecular weight is 501 g/mol. The lowest BCUT2D eigenvalue weighted by atomic mass is 10.1. The van der Waals surface area contributed by atoms with Crippen LogP contribution < -0.4 is 15.1 Å². The summed E-state index contributed by atoms with van der Waals surface area (Å²) in [6.45, 7) is 12.3. The third kappa shape index (κ3) is 4.71. The summed E-state index contributed by atoms with van der Waals surface area (Å²) in [5.74, 6) is -0.916. The second-order valence-electron chi connectivity index (χ2n) is 8.83. The standard InChI is InChI=1S/C29H32N4O2S/c1-6-21-9-11-25(12-10-21)33-28(35)26(27(34)30-29(33)36)18-22-17-19(4)32(20(22)5)24-15-13-23(14-16-24)31(7-2)8-3/h9-18H,6-8H2,1-5H3,(H,30,34,36)/b26-18+. The van der Waals surface area contributed by atoms with Gasteiger partial charge in [0.2, 0.25) is 0 Å². The van der Waals surface area contributed by atoms with E-state index in [0.29, 0.717) is 5.69 Å². The van der Waals surface area contributed by atoms with Crippen LogP contribution in [0.1, 0.15) is 43.3 Å². The zero-order valence-electron chi connectivity index (χ0n) is 21.5. The molecule has 7 heteroatoms. The molecular formula is C29H32N4O2S. The van der Waals surface area contributed by atoms with Crippen molar-refractivity contribution < 1.29 is 9.59 Å². The van der Waals surface area contributed by atoms with Crippen molar-refractivity contribution in [2.45, 2.75) is 41.0 Å². The van der Waals surface area contributed by atoms with Crippen LogP contribution in [0.5, 0.6) is 0 Å². The SMILES string of the molecule is CCc1ccc(N2C(=O)/C(=C/c3cc(C)n(-c4ccc(N(CC)CC)cc4)c3C)C(=O)NC2=S)cc1. The fourth-order valence-electron chi connectivity index (χ4n) is 4.66. The number of hydrogen-bond acceptors (Lipinski definition) is 4. The van der Waals surface area contributed by atoms with E-state index in [4.69, 9.17) is 12.2 Å². The normalized spacial score (nSPS) is 15.0. The lowest BCUT2D eigenvalue weighted by Crippen LogP contribution is -2.54. The van der Waals surface area contributed by atoms with E-state index in [0.717, 1.165) is 47.7 Å². The van der Waals surface area contributed by atoms with Crippen LogP contribution >= 0.6 is 12.2 Å². The van der Waals surface area contributed by atoms with Crippen molar-refractivity contribution >= 4 is 46.6 Å². The van der Waals surface area contributed by atoms with E-state index >= 15 is 0 Å². The van der Waals surface area contributed by atoms with E-state index in [-0.39, 0.29) is 10.7 Å². The highest BCUT2D eigenvalue weighted by atomic mass is 32.1. The Balaban J connectivity index is 1.68. The van der Waals surface area contributed by atoms with Gasteiger partial charge in [-0.05, 0) is 106 Å². The lowest BCUT2D eigenvalue weighted by molar-refractivity contribution is -0.122. The maximum Gasteiger partial charge on any atom is 0.270 e. The van der Waals surface area contributed by atoms with Gasteiger partial charge >= 0.3 is 0 Å². The average Bonchev–Trinajstić information content (AvgIpc) is 3.15. The smallest absolute Gasteiger partial charge is 0.270 e. The molecule has 0 aliphatic carbocycles. The highest BCUT2D eigenvalue weighted by Gasteiger charge is 2.34. The number of amides is 2. The second-order valence-corrected chi connectivity index (χ2v) is 9.22. The molecule has 1 aliphatic heterocycles. The van der Waals surface area contributed by atoms with Crippen molar-refractivity contribution in [1.29, 1.82) is 0 Å². The van der Waals surface area contributed by atoms with Gasteiger partial charge in [-0.15, -0.1) is 0 Å². The summed E-state index contributed by atoms with van der Waals surface area (Å²) in [5.41, 5.74) is 6.83. The van der Waals surface area contributed by atoms with Gasteiger partial charge in [0.25, 0.3) is 11.8 Å². The topological polar surface area (TPSA) is 57.6 Å². The molecule has 186 valence electrons. The van der Waals surface area contributed by atoms with Crippen molar-refractivity contribution in [3.05, 3.63) is 82.7 Å². The van der Waals surface area contributed by atoms with Crippen LogP contribution in [0.3, 0.4) is 0 Å². The fraction of sp³-hybridized carbons (Fsp3) is 0.276. The van der Waals surface area contributed by atoms with Gasteiger partial charge < -0.3 is 9.47 Å². The molecule has 2 aromatic carbocycles. The van der Waals surface area contributed by atoms with E-state index < -0.39 is 11.8 Å². The number of carbonyl (C=O) groups excluding carboxylic acids is 2. The third-order valence-corrected chi connectivity index (χ3v) is 7.00. The Hall–Kier alpha value is -3.71. The van der Waals surface area contributed by atoms with Crippen LogP contribution in [0.4, 0.5) is 11.4 Å². The molecule has 1 N–H and O–H groups in total. The van der Waals surface area contributed by atoms with Gasteiger partial charge in [0.05, 0.1) is 5.69 Å². The summed E-state index contributed by atoms with van der Waals surface area (Å²) in [6.07, 6.45) is 2.56. The Morgan fingerprint density at radius 3 is 2.11 bits per heavy atom. The summed E-state index contributed by atoms with van der Waals surface area (Å²) in [6, 6.07) is 18.1. The van der Waals surface area contributed by atoms with Crippen molar-refractivity contribution in [2.75, 3.05) is 22.9 Å². The molecule has 1 aromatic heterocycles. The molecule has 4 rings (SSSR count). The van der Waals surface area contributed by atoms with Crippen molar-refractivity contribution in [3.8, 4) is 5.69 Å². The molecule has 0 saturated carbocycles. The molecule has 3 aromatic rings. The highest BCUT2D eigenvalue weighted by molar-refractivity contribution is 7.80. The number of anilines is 2. The largest absolute Gasteiger partial charge is 0.372 e. The minimum absolute atomic E-state index is 0.0558. The maximum atomic E-state index is 13.4. The molecule has 0 spiro atoms. The quantitative estimate of drug-likeness (QED) is 0.271. The van der Waals surface area contributed by atoms with Gasteiger partial charge in [0.15, 0.2) is 5.11 Å². The van der Waals surface area contributed by atoms with Crippen LogP contribution in [0.15, 0.2) is 60.2 Å². The van der Waals surface area contributed by atoms with E-state index in [1.54, 1.807) is 6.08 Å². The molecule has 1 aliphatic rings. The summed E-state index contributed by atoms with van der Waals surface area (Å²) in [4.78, 5) is 29.9. The van der Waals surface area contributed by atoms with Crippen LogP contribution in [-0.4, -0.2) is 34.6 Å². The molecule has 36 heavy (non-hydrogen) atoms. The molecule has 1 fully saturated rings. The zero-order valence-corrected chi connectivity index (χ0v) is 22.3. The number of aryl methyl sites for hydroxylation is 2. The van der Waals surface area contributed by atoms with Gasteiger partial charge in [0, 0.05) is 35.9 Å². The van der Waals surface area contributed by atoms with Crippen molar-refractivity contribution in [2.24, 2.45) is 0 Å². The third-order valence-electron chi connectivity index (χ3n) is 6.71. The molecule has 0 unspecified atom stereocenters. The number of nitrogens with zero attached hydrogens (tertiary/aromatic N) is 3. The molecule has 0 atom stereocenters. The zero-order chi connectivity index (χ0) is 26.0. The van der Waals surface area contributed by atoms with Gasteiger partial charge in [-0.3, -0.25) is 19.8 Å². The monoisotopic (exact) mass is 500 g/mol.